The number of nitrogens with zero attached hydrogens (tertiary/aromatic N) is 1. The van der Waals surface area contributed by atoms with Gasteiger partial charge in [-0.05, 0) is 48.9 Å². The first kappa shape index (κ1) is 21.6. The normalized spacial score (nSPS) is 15.1. The van der Waals surface area contributed by atoms with E-state index in [-0.39, 0.29) is 12.5 Å². The van der Waals surface area contributed by atoms with E-state index in [1.807, 2.05) is 0 Å². The van der Waals surface area contributed by atoms with E-state index in [1.54, 1.807) is 55.5 Å². The van der Waals surface area contributed by atoms with Crippen LogP contribution in [0.3, 0.4) is 0 Å². The zero-order valence-electron chi connectivity index (χ0n) is 15.2. The second kappa shape index (κ2) is 9.63. The molecule has 0 aliphatic carbocycles. The number of amides is 1. The molecule has 150 valence electrons. The van der Waals surface area contributed by atoms with E-state index in [1.165, 1.54) is 16.7 Å². The van der Waals surface area contributed by atoms with Crippen LogP contribution in [0.1, 0.15) is 12.5 Å². The summed E-state index contributed by atoms with van der Waals surface area (Å²) in [5.41, 5.74) is 1.28. The number of anilines is 1. The van der Waals surface area contributed by atoms with Crippen LogP contribution >= 0.6 is 47.2 Å². The minimum absolute atomic E-state index is 0.159. The van der Waals surface area contributed by atoms with E-state index in [0.717, 1.165) is 5.56 Å². The third kappa shape index (κ3) is 5.30. The fraction of sp³-hybridized carbons (Fsp3) is 0.150. The molecule has 29 heavy (non-hydrogen) atoms. The Bertz CT molecular complexity index is 992. The van der Waals surface area contributed by atoms with Gasteiger partial charge < -0.3 is 9.47 Å². The number of esters is 1. The van der Waals surface area contributed by atoms with Crippen LogP contribution in [0.4, 0.5) is 5.69 Å². The lowest BCUT2D eigenvalue weighted by Crippen LogP contribution is -2.27. The molecule has 0 radical (unpaired) electrons. The Balaban J connectivity index is 1.73. The second-order valence-corrected chi connectivity index (χ2v) is 8.29. The van der Waals surface area contributed by atoms with Gasteiger partial charge in [-0.15, -0.1) is 0 Å². The molecule has 1 amide bonds. The summed E-state index contributed by atoms with van der Waals surface area (Å²) in [4.78, 5) is 26.0. The summed E-state index contributed by atoms with van der Waals surface area (Å²) in [7, 11) is 0. The highest BCUT2D eigenvalue weighted by Crippen LogP contribution is 2.39. The van der Waals surface area contributed by atoms with Crippen LogP contribution in [0, 0.1) is 0 Å². The number of carbonyl (C=O) groups is 2. The molecule has 5 nitrogen and oxygen atoms in total. The summed E-state index contributed by atoms with van der Waals surface area (Å²) in [6.45, 7) is 1.88. The Morgan fingerprint density at radius 3 is 2.59 bits per heavy atom. The molecule has 0 saturated carbocycles. The maximum atomic E-state index is 12.8. The molecule has 0 unspecified atom stereocenters. The molecule has 9 heteroatoms. The van der Waals surface area contributed by atoms with E-state index >= 15 is 0 Å². The van der Waals surface area contributed by atoms with Crippen LogP contribution < -0.4 is 9.64 Å². The molecular weight excluding hydrogens is 453 g/mol. The van der Waals surface area contributed by atoms with Crippen molar-refractivity contribution in [1.29, 1.82) is 0 Å². The SMILES string of the molecule is CCOC(=O)COc1ccc(/C=C2/SC(=S)N(c3ccc(Cl)cc3Cl)C2=O)cc1. The number of thiocarbonyl (C=S) groups is 1. The first-order chi connectivity index (χ1) is 13.9. The molecule has 2 aromatic rings. The van der Waals surface area contributed by atoms with Gasteiger partial charge in [0.2, 0.25) is 0 Å². The number of benzene rings is 2. The molecule has 2 aromatic carbocycles. The van der Waals surface area contributed by atoms with Gasteiger partial charge >= 0.3 is 5.97 Å². The fourth-order valence-electron chi connectivity index (χ4n) is 2.49. The van der Waals surface area contributed by atoms with Crippen LogP contribution in [-0.2, 0) is 14.3 Å². The Labute approximate surface area is 187 Å². The molecule has 1 aliphatic rings. The predicted molar refractivity (Wildman–Crippen MR) is 121 cm³/mol. The highest BCUT2D eigenvalue weighted by atomic mass is 35.5. The van der Waals surface area contributed by atoms with Gasteiger partial charge in [0, 0.05) is 5.02 Å². The Morgan fingerprint density at radius 1 is 1.21 bits per heavy atom. The van der Waals surface area contributed by atoms with Gasteiger partial charge in [-0.1, -0.05) is 59.3 Å². The van der Waals surface area contributed by atoms with Crippen LogP contribution in [-0.4, -0.2) is 29.4 Å². The second-order valence-electron chi connectivity index (χ2n) is 5.78. The zero-order chi connectivity index (χ0) is 21.0. The van der Waals surface area contributed by atoms with E-state index in [2.05, 4.69) is 0 Å². The third-order valence-corrected chi connectivity index (χ3v) is 5.62. The highest BCUT2D eigenvalue weighted by molar-refractivity contribution is 8.27. The van der Waals surface area contributed by atoms with Crippen LogP contribution in [0.15, 0.2) is 47.4 Å². The Morgan fingerprint density at radius 2 is 1.93 bits per heavy atom. The minimum Gasteiger partial charge on any atom is -0.482 e. The number of rotatable bonds is 6. The summed E-state index contributed by atoms with van der Waals surface area (Å²) in [5, 5.41) is 0.822. The maximum Gasteiger partial charge on any atom is 0.344 e. The standard InChI is InChI=1S/C20H15Cl2NO4S2/c1-2-26-18(24)11-27-14-6-3-12(4-7-14)9-17-19(25)23(20(28)29-17)16-8-5-13(21)10-15(16)22/h3-10H,2,11H2,1H3/b17-9+. The maximum absolute atomic E-state index is 12.8. The summed E-state index contributed by atoms with van der Waals surface area (Å²) >= 11 is 18.7. The molecule has 0 atom stereocenters. The van der Waals surface area contributed by atoms with Crippen LogP contribution in [0.5, 0.6) is 5.75 Å². The predicted octanol–water partition coefficient (Wildman–Crippen LogP) is 5.34. The average molecular weight is 468 g/mol. The van der Waals surface area contributed by atoms with Gasteiger partial charge in [0.15, 0.2) is 10.9 Å². The molecule has 0 aromatic heterocycles. The quantitative estimate of drug-likeness (QED) is 0.324. The lowest BCUT2D eigenvalue weighted by molar-refractivity contribution is -0.145. The smallest absolute Gasteiger partial charge is 0.344 e. The van der Waals surface area contributed by atoms with Gasteiger partial charge in [-0.3, -0.25) is 9.69 Å². The summed E-state index contributed by atoms with van der Waals surface area (Å²) in [6.07, 6.45) is 1.73. The van der Waals surface area contributed by atoms with Crippen molar-refractivity contribution < 1.29 is 19.1 Å². The molecule has 0 spiro atoms. The Kier molecular flexibility index (Phi) is 7.18. The van der Waals surface area contributed by atoms with Crippen molar-refractivity contribution in [3.63, 3.8) is 0 Å². The molecule has 1 saturated heterocycles. The van der Waals surface area contributed by atoms with E-state index < -0.39 is 5.97 Å². The summed E-state index contributed by atoms with van der Waals surface area (Å²) < 4.78 is 10.6. The number of hydrogen-bond acceptors (Lipinski definition) is 6. The van der Waals surface area contributed by atoms with Gasteiger partial charge in [0.1, 0.15) is 5.75 Å². The van der Waals surface area contributed by atoms with Crippen molar-refractivity contribution in [2.75, 3.05) is 18.1 Å². The van der Waals surface area contributed by atoms with Gasteiger partial charge in [0.05, 0.1) is 22.2 Å². The molecule has 1 fully saturated rings. The van der Waals surface area contributed by atoms with Gasteiger partial charge in [-0.25, -0.2) is 4.79 Å². The van der Waals surface area contributed by atoms with Gasteiger partial charge in [0.25, 0.3) is 5.91 Å². The fourth-order valence-corrected chi connectivity index (χ4v) is 4.27. The lowest BCUT2D eigenvalue weighted by Gasteiger charge is -2.16. The average Bonchev–Trinajstić information content (AvgIpc) is 2.95. The number of thioether (sulfide) groups is 1. The van der Waals surface area contributed by atoms with Gasteiger partial charge in [-0.2, -0.15) is 0 Å². The number of ether oxygens (including phenoxy) is 2. The van der Waals surface area contributed by atoms with Crippen molar-refractivity contribution in [2.24, 2.45) is 0 Å². The van der Waals surface area contributed by atoms with E-state index in [4.69, 9.17) is 44.9 Å². The molecule has 1 heterocycles. The van der Waals surface area contributed by atoms with E-state index in [0.29, 0.717) is 37.3 Å². The molecular formula is C20H15Cl2NO4S2. The topological polar surface area (TPSA) is 55.8 Å². The van der Waals surface area contributed by atoms with Crippen molar-refractivity contribution in [1.82, 2.24) is 0 Å². The van der Waals surface area contributed by atoms with Crippen molar-refractivity contribution >= 4 is 75.1 Å². The monoisotopic (exact) mass is 467 g/mol. The van der Waals surface area contributed by atoms with Crippen molar-refractivity contribution in [3.8, 4) is 5.75 Å². The van der Waals surface area contributed by atoms with Crippen molar-refractivity contribution in [3.05, 3.63) is 63.0 Å². The largest absolute Gasteiger partial charge is 0.482 e. The lowest BCUT2D eigenvalue weighted by atomic mass is 10.2. The van der Waals surface area contributed by atoms with Crippen LogP contribution in [0.25, 0.3) is 6.08 Å². The minimum atomic E-state index is -0.430. The van der Waals surface area contributed by atoms with Crippen molar-refractivity contribution in [2.45, 2.75) is 6.92 Å². The number of hydrogen-bond donors (Lipinski definition) is 0. The first-order valence-electron chi connectivity index (χ1n) is 8.50. The molecule has 3 rings (SSSR count). The number of carbonyl (C=O) groups excluding carboxylic acids is 2. The first-order valence-corrected chi connectivity index (χ1v) is 10.5. The zero-order valence-corrected chi connectivity index (χ0v) is 18.3. The van der Waals surface area contributed by atoms with E-state index in [9.17, 15) is 9.59 Å². The van der Waals surface area contributed by atoms with Crippen LogP contribution in [0.2, 0.25) is 10.0 Å². The third-order valence-electron chi connectivity index (χ3n) is 3.78. The molecule has 0 N–H and O–H groups in total. The highest BCUT2D eigenvalue weighted by Gasteiger charge is 2.34. The summed E-state index contributed by atoms with van der Waals surface area (Å²) in [6, 6.07) is 11.9. The molecule has 0 bridgehead atoms. The summed E-state index contributed by atoms with van der Waals surface area (Å²) in [5.74, 6) is -0.163. The molecule has 1 aliphatic heterocycles. The number of halogens is 2. The Hall–Kier alpha value is -2.06.